The summed E-state index contributed by atoms with van der Waals surface area (Å²) in [6.45, 7) is 3.01. The molecule has 0 fully saturated rings. The summed E-state index contributed by atoms with van der Waals surface area (Å²) >= 11 is 0. The Labute approximate surface area is 125 Å². The molecule has 0 saturated carbocycles. The van der Waals surface area contributed by atoms with Crippen LogP contribution >= 0.6 is 0 Å². The molecule has 1 aromatic heterocycles. The summed E-state index contributed by atoms with van der Waals surface area (Å²) in [5.41, 5.74) is 4.86. The molecule has 21 heavy (non-hydrogen) atoms. The van der Waals surface area contributed by atoms with Crippen molar-refractivity contribution in [2.45, 2.75) is 19.9 Å². The molecular formula is C18H19N3. The van der Waals surface area contributed by atoms with Crippen LogP contribution in [0.1, 0.15) is 18.1 Å². The Morgan fingerprint density at radius 1 is 0.952 bits per heavy atom. The maximum Gasteiger partial charge on any atom is 0.0647 e. The number of hydrogen-bond acceptors (Lipinski definition) is 2. The summed E-state index contributed by atoms with van der Waals surface area (Å²) in [5, 5.41) is 7.66. The monoisotopic (exact) mass is 277 g/mol. The van der Waals surface area contributed by atoms with Gasteiger partial charge in [0.05, 0.1) is 5.69 Å². The van der Waals surface area contributed by atoms with Crippen LogP contribution in [0.25, 0.3) is 5.69 Å². The number of benzene rings is 2. The van der Waals surface area contributed by atoms with Crippen molar-refractivity contribution in [1.82, 2.24) is 9.78 Å². The van der Waals surface area contributed by atoms with E-state index in [1.54, 1.807) is 6.20 Å². The molecule has 0 saturated heterocycles. The molecular weight excluding hydrogens is 258 g/mol. The van der Waals surface area contributed by atoms with Gasteiger partial charge in [-0.2, -0.15) is 5.10 Å². The SMILES string of the molecule is CCc1ccc(CNc2ccc(-n3cccn3)cc2)cc1. The number of hydrogen-bond donors (Lipinski definition) is 1. The molecule has 3 rings (SSSR count). The summed E-state index contributed by atoms with van der Waals surface area (Å²) in [7, 11) is 0. The molecule has 0 unspecified atom stereocenters. The third kappa shape index (κ3) is 3.31. The van der Waals surface area contributed by atoms with Crippen molar-refractivity contribution in [2.24, 2.45) is 0 Å². The molecule has 2 aromatic carbocycles. The highest BCUT2D eigenvalue weighted by molar-refractivity contribution is 5.48. The van der Waals surface area contributed by atoms with E-state index in [9.17, 15) is 0 Å². The molecule has 0 aliphatic carbocycles. The van der Waals surface area contributed by atoms with Crippen LogP contribution in [-0.2, 0) is 13.0 Å². The highest BCUT2D eigenvalue weighted by Crippen LogP contribution is 2.14. The van der Waals surface area contributed by atoms with Crippen molar-refractivity contribution >= 4 is 5.69 Å². The minimum Gasteiger partial charge on any atom is -0.381 e. The smallest absolute Gasteiger partial charge is 0.0647 e. The first kappa shape index (κ1) is 13.4. The van der Waals surface area contributed by atoms with Gasteiger partial charge in [0, 0.05) is 24.6 Å². The summed E-state index contributed by atoms with van der Waals surface area (Å²) in [5.74, 6) is 0. The van der Waals surface area contributed by atoms with Crippen LogP contribution in [0.4, 0.5) is 5.69 Å². The zero-order valence-electron chi connectivity index (χ0n) is 12.2. The van der Waals surface area contributed by atoms with Gasteiger partial charge in [0.1, 0.15) is 0 Å². The zero-order valence-corrected chi connectivity index (χ0v) is 12.2. The minimum atomic E-state index is 0.838. The lowest BCUT2D eigenvalue weighted by Gasteiger charge is -2.08. The molecule has 106 valence electrons. The van der Waals surface area contributed by atoms with Crippen LogP contribution in [0.2, 0.25) is 0 Å². The summed E-state index contributed by atoms with van der Waals surface area (Å²) in [4.78, 5) is 0. The first-order valence-electron chi connectivity index (χ1n) is 7.27. The molecule has 3 heteroatoms. The van der Waals surface area contributed by atoms with Gasteiger partial charge in [0.25, 0.3) is 0 Å². The molecule has 0 radical (unpaired) electrons. The van der Waals surface area contributed by atoms with E-state index < -0.39 is 0 Å². The molecule has 0 aliphatic heterocycles. The number of anilines is 1. The van der Waals surface area contributed by atoms with Gasteiger partial charge < -0.3 is 5.32 Å². The number of aryl methyl sites for hydroxylation is 1. The van der Waals surface area contributed by atoms with Crippen molar-refractivity contribution in [3.63, 3.8) is 0 Å². The number of aromatic nitrogens is 2. The average molecular weight is 277 g/mol. The third-order valence-corrected chi connectivity index (χ3v) is 3.56. The van der Waals surface area contributed by atoms with Crippen LogP contribution in [0.15, 0.2) is 67.0 Å². The van der Waals surface area contributed by atoms with Crippen molar-refractivity contribution in [1.29, 1.82) is 0 Å². The summed E-state index contributed by atoms with van der Waals surface area (Å²) in [6, 6.07) is 19.0. The first-order chi connectivity index (χ1) is 10.3. The van der Waals surface area contributed by atoms with Crippen LogP contribution in [0.3, 0.4) is 0 Å². The maximum absolute atomic E-state index is 4.22. The van der Waals surface area contributed by atoms with Crippen LogP contribution in [0.5, 0.6) is 0 Å². The third-order valence-electron chi connectivity index (χ3n) is 3.56. The van der Waals surface area contributed by atoms with Gasteiger partial charge in [-0.1, -0.05) is 31.2 Å². The number of nitrogens with zero attached hydrogens (tertiary/aromatic N) is 2. The van der Waals surface area contributed by atoms with Gasteiger partial charge in [0.2, 0.25) is 0 Å². The standard InChI is InChI=1S/C18H19N3/c1-2-15-4-6-16(7-5-15)14-19-17-8-10-18(11-9-17)21-13-3-12-20-21/h3-13,19H,2,14H2,1H3. The molecule has 1 heterocycles. The number of nitrogens with one attached hydrogen (secondary N) is 1. The second kappa shape index (κ2) is 6.27. The van der Waals surface area contributed by atoms with Gasteiger partial charge in [0.15, 0.2) is 0 Å². The first-order valence-corrected chi connectivity index (χ1v) is 7.27. The second-order valence-corrected chi connectivity index (χ2v) is 5.02. The van der Waals surface area contributed by atoms with Crippen LogP contribution in [0, 0.1) is 0 Å². The van der Waals surface area contributed by atoms with Crippen molar-refractivity contribution in [3.05, 3.63) is 78.1 Å². The Balaban J connectivity index is 1.62. The Morgan fingerprint density at radius 2 is 1.67 bits per heavy atom. The van der Waals surface area contributed by atoms with E-state index in [4.69, 9.17) is 0 Å². The molecule has 0 aliphatic rings. The Hall–Kier alpha value is -2.55. The molecule has 0 bridgehead atoms. The van der Waals surface area contributed by atoms with Gasteiger partial charge in [-0.25, -0.2) is 4.68 Å². The zero-order chi connectivity index (χ0) is 14.5. The molecule has 3 nitrogen and oxygen atoms in total. The predicted octanol–water partition coefficient (Wildman–Crippen LogP) is 4.05. The minimum absolute atomic E-state index is 0.838. The summed E-state index contributed by atoms with van der Waals surface area (Å²) in [6.07, 6.45) is 4.81. The topological polar surface area (TPSA) is 29.9 Å². The van der Waals surface area contributed by atoms with Crippen molar-refractivity contribution in [2.75, 3.05) is 5.32 Å². The number of rotatable bonds is 5. The van der Waals surface area contributed by atoms with Crippen molar-refractivity contribution in [3.8, 4) is 5.69 Å². The normalized spacial score (nSPS) is 10.5. The molecule has 3 aromatic rings. The van der Waals surface area contributed by atoms with Crippen LogP contribution in [-0.4, -0.2) is 9.78 Å². The molecule has 0 amide bonds. The van der Waals surface area contributed by atoms with Crippen LogP contribution < -0.4 is 5.32 Å². The van der Waals surface area contributed by atoms with E-state index in [-0.39, 0.29) is 0 Å². The molecule has 0 atom stereocenters. The van der Waals surface area contributed by atoms with Crippen molar-refractivity contribution < 1.29 is 0 Å². The largest absolute Gasteiger partial charge is 0.381 e. The van der Waals surface area contributed by atoms with E-state index in [1.165, 1.54) is 11.1 Å². The van der Waals surface area contributed by atoms with E-state index in [1.807, 2.05) is 16.9 Å². The van der Waals surface area contributed by atoms with Gasteiger partial charge >= 0.3 is 0 Å². The lowest BCUT2D eigenvalue weighted by atomic mass is 10.1. The van der Waals surface area contributed by atoms with E-state index >= 15 is 0 Å². The maximum atomic E-state index is 4.22. The Morgan fingerprint density at radius 3 is 2.29 bits per heavy atom. The van der Waals surface area contributed by atoms with E-state index in [2.05, 4.69) is 65.9 Å². The fourth-order valence-corrected chi connectivity index (χ4v) is 2.25. The second-order valence-electron chi connectivity index (χ2n) is 5.02. The fourth-order valence-electron chi connectivity index (χ4n) is 2.25. The lowest BCUT2D eigenvalue weighted by Crippen LogP contribution is -2.00. The Kier molecular flexibility index (Phi) is 4.01. The molecule has 0 spiro atoms. The average Bonchev–Trinajstić information content (AvgIpc) is 3.08. The highest BCUT2D eigenvalue weighted by Gasteiger charge is 1.98. The van der Waals surface area contributed by atoms with E-state index in [0.717, 1.165) is 24.3 Å². The Bertz CT molecular complexity index is 667. The lowest BCUT2D eigenvalue weighted by molar-refractivity contribution is 0.880. The van der Waals surface area contributed by atoms with E-state index in [0.29, 0.717) is 0 Å². The quantitative estimate of drug-likeness (QED) is 0.762. The highest BCUT2D eigenvalue weighted by atomic mass is 15.3. The predicted molar refractivity (Wildman–Crippen MR) is 86.7 cm³/mol. The van der Waals surface area contributed by atoms with Gasteiger partial charge in [-0.3, -0.25) is 0 Å². The van der Waals surface area contributed by atoms with Gasteiger partial charge in [-0.05, 0) is 47.9 Å². The fraction of sp³-hybridized carbons (Fsp3) is 0.167. The molecule has 1 N–H and O–H groups in total. The summed E-state index contributed by atoms with van der Waals surface area (Å²) < 4.78 is 1.85. The van der Waals surface area contributed by atoms with Gasteiger partial charge in [-0.15, -0.1) is 0 Å².